The summed E-state index contributed by atoms with van der Waals surface area (Å²) in [5.74, 6) is -0.425. The standard InChI is InChI=1S/C18H20FNO/c1-13-7-5-9-15(11-13)20(17(21)18(2,3)4)16-10-6-8-14(19)12-16/h5-12H,1-4H3. The van der Waals surface area contributed by atoms with Crippen LogP contribution in [0.4, 0.5) is 15.8 Å². The van der Waals surface area contributed by atoms with Gasteiger partial charge in [0.25, 0.3) is 0 Å². The number of aryl methyl sites for hydroxylation is 1. The van der Waals surface area contributed by atoms with Crippen LogP contribution in [-0.2, 0) is 4.79 Å². The van der Waals surface area contributed by atoms with E-state index in [2.05, 4.69) is 0 Å². The number of rotatable bonds is 2. The van der Waals surface area contributed by atoms with Crippen molar-refractivity contribution in [2.24, 2.45) is 5.41 Å². The topological polar surface area (TPSA) is 20.3 Å². The maximum absolute atomic E-state index is 13.5. The Morgan fingerprint density at radius 2 is 1.57 bits per heavy atom. The van der Waals surface area contributed by atoms with Crippen molar-refractivity contribution in [1.82, 2.24) is 0 Å². The van der Waals surface area contributed by atoms with Gasteiger partial charge in [-0.3, -0.25) is 9.69 Å². The van der Waals surface area contributed by atoms with Gasteiger partial charge in [-0.1, -0.05) is 39.0 Å². The van der Waals surface area contributed by atoms with Crippen LogP contribution >= 0.6 is 0 Å². The normalized spacial score (nSPS) is 11.3. The van der Waals surface area contributed by atoms with E-state index in [4.69, 9.17) is 0 Å². The fraction of sp³-hybridized carbons (Fsp3) is 0.278. The third kappa shape index (κ3) is 3.48. The molecule has 0 aromatic heterocycles. The number of nitrogens with zero attached hydrogens (tertiary/aromatic N) is 1. The second kappa shape index (κ2) is 5.68. The lowest BCUT2D eigenvalue weighted by Gasteiger charge is -2.30. The summed E-state index contributed by atoms with van der Waals surface area (Å²) in [5, 5.41) is 0. The highest BCUT2D eigenvalue weighted by atomic mass is 19.1. The van der Waals surface area contributed by atoms with E-state index >= 15 is 0 Å². The van der Waals surface area contributed by atoms with Crippen molar-refractivity contribution in [2.45, 2.75) is 27.7 Å². The Balaban J connectivity index is 2.57. The summed E-state index contributed by atoms with van der Waals surface area (Å²) in [6, 6.07) is 13.8. The van der Waals surface area contributed by atoms with Crippen LogP contribution in [0.1, 0.15) is 26.3 Å². The Morgan fingerprint density at radius 3 is 2.10 bits per heavy atom. The van der Waals surface area contributed by atoms with E-state index in [9.17, 15) is 9.18 Å². The molecule has 0 saturated carbocycles. The minimum absolute atomic E-state index is 0.0706. The molecule has 0 aliphatic carbocycles. The number of halogens is 1. The second-order valence-electron chi connectivity index (χ2n) is 6.21. The van der Waals surface area contributed by atoms with Crippen molar-refractivity contribution >= 4 is 17.3 Å². The van der Waals surface area contributed by atoms with Crippen LogP contribution in [0.15, 0.2) is 48.5 Å². The molecule has 0 heterocycles. The van der Waals surface area contributed by atoms with Gasteiger partial charge >= 0.3 is 0 Å². The van der Waals surface area contributed by atoms with Gasteiger partial charge in [0.15, 0.2) is 0 Å². The molecule has 3 heteroatoms. The van der Waals surface area contributed by atoms with Gasteiger partial charge in [-0.2, -0.15) is 0 Å². The molecule has 0 spiro atoms. The monoisotopic (exact) mass is 285 g/mol. The van der Waals surface area contributed by atoms with Crippen LogP contribution in [0, 0.1) is 18.2 Å². The maximum Gasteiger partial charge on any atom is 0.236 e. The lowest BCUT2D eigenvalue weighted by molar-refractivity contribution is -0.125. The zero-order valence-electron chi connectivity index (χ0n) is 12.9. The molecule has 0 fully saturated rings. The summed E-state index contributed by atoms with van der Waals surface area (Å²) in [6.07, 6.45) is 0. The smallest absolute Gasteiger partial charge is 0.236 e. The molecule has 21 heavy (non-hydrogen) atoms. The summed E-state index contributed by atoms with van der Waals surface area (Å²) >= 11 is 0. The number of hydrogen-bond donors (Lipinski definition) is 0. The average molecular weight is 285 g/mol. The first kappa shape index (κ1) is 15.2. The molecule has 0 bridgehead atoms. The van der Waals surface area contributed by atoms with Gasteiger partial charge < -0.3 is 0 Å². The molecule has 2 aromatic rings. The van der Waals surface area contributed by atoms with Crippen molar-refractivity contribution in [2.75, 3.05) is 4.90 Å². The van der Waals surface area contributed by atoms with E-state index in [0.717, 1.165) is 11.3 Å². The van der Waals surface area contributed by atoms with Crippen molar-refractivity contribution in [1.29, 1.82) is 0 Å². The molecular weight excluding hydrogens is 265 g/mol. The first-order chi connectivity index (χ1) is 9.79. The molecule has 0 aliphatic rings. The summed E-state index contributed by atoms with van der Waals surface area (Å²) in [6.45, 7) is 7.54. The fourth-order valence-electron chi connectivity index (χ4n) is 2.10. The summed E-state index contributed by atoms with van der Waals surface area (Å²) in [7, 11) is 0. The Kier molecular flexibility index (Phi) is 4.12. The van der Waals surface area contributed by atoms with Gasteiger partial charge in [-0.25, -0.2) is 4.39 Å². The SMILES string of the molecule is Cc1cccc(N(C(=O)C(C)(C)C)c2cccc(F)c2)c1. The molecule has 1 amide bonds. The zero-order valence-corrected chi connectivity index (χ0v) is 12.9. The highest BCUT2D eigenvalue weighted by Crippen LogP contribution is 2.31. The van der Waals surface area contributed by atoms with Gasteiger partial charge in [0.05, 0.1) is 5.69 Å². The Bertz CT molecular complexity index is 613. The Hall–Kier alpha value is -2.16. The lowest BCUT2D eigenvalue weighted by atomic mass is 9.94. The van der Waals surface area contributed by atoms with E-state index in [1.165, 1.54) is 12.1 Å². The molecule has 0 saturated heterocycles. The minimum atomic E-state index is -0.559. The van der Waals surface area contributed by atoms with E-state index < -0.39 is 5.41 Å². The second-order valence-corrected chi connectivity index (χ2v) is 6.21. The molecule has 0 radical (unpaired) electrons. The number of carbonyl (C=O) groups excluding carboxylic acids is 1. The van der Waals surface area contributed by atoms with Gasteiger partial charge in [0.2, 0.25) is 5.91 Å². The predicted octanol–water partition coefficient (Wildman–Crippen LogP) is 4.84. The summed E-state index contributed by atoms with van der Waals surface area (Å²) < 4.78 is 13.5. The average Bonchev–Trinajstić information content (AvgIpc) is 2.38. The van der Waals surface area contributed by atoms with Crippen LogP contribution in [0.2, 0.25) is 0 Å². The highest BCUT2D eigenvalue weighted by molar-refractivity contribution is 6.03. The van der Waals surface area contributed by atoms with Crippen molar-refractivity contribution in [3.8, 4) is 0 Å². The number of anilines is 2. The first-order valence-corrected chi connectivity index (χ1v) is 6.96. The van der Waals surface area contributed by atoms with Crippen LogP contribution in [0.3, 0.4) is 0 Å². The van der Waals surface area contributed by atoms with Gasteiger partial charge in [0.1, 0.15) is 5.82 Å². The van der Waals surface area contributed by atoms with E-state index in [-0.39, 0.29) is 11.7 Å². The number of carbonyl (C=O) groups is 1. The molecule has 2 nitrogen and oxygen atoms in total. The molecule has 2 rings (SSSR count). The van der Waals surface area contributed by atoms with Crippen molar-refractivity contribution in [3.05, 3.63) is 59.9 Å². The largest absolute Gasteiger partial charge is 0.281 e. The van der Waals surface area contributed by atoms with E-state index in [0.29, 0.717) is 5.69 Å². The quantitative estimate of drug-likeness (QED) is 0.772. The van der Waals surface area contributed by atoms with Crippen molar-refractivity contribution in [3.63, 3.8) is 0 Å². The fourth-order valence-corrected chi connectivity index (χ4v) is 2.10. The molecule has 110 valence electrons. The minimum Gasteiger partial charge on any atom is -0.281 e. The van der Waals surface area contributed by atoms with Crippen LogP contribution in [-0.4, -0.2) is 5.91 Å². The third-order valence-corrected chi connectivity index (χ3v) is 3.17. The van der Waals surface area contributed by atoms with Crippen LogP contribution in [0.5, 0.6) is 0 Å². The van der Waals surface area contributed by atoms with Gasteiger partial charge in [0, 0.05) is 11.1 Å². The number of hydrogen-bond acceptors (Lipinski definition) is 1. The van der Waals surface area contributed by atoms with Crippen molar-refractivity contribution < 1.29 is 9.18 Å². The molecule has 2 aromatic carbocycles. The first-order valence-electron chi connectivity index (χ1n) is 6.96. The lowest BCUT2D eigenvalue weighted by Crippen LogP contribution is -2.36. The van der Waals surface area contributed by atoms with E-state index in [1.54, 1.807) is 17.0 Å². The third-order valence-electron chi connectivity index (χ3n) is 3.17. The molecule has 0 atom stereocenters. The molecular formula is C18H20FNO. The van der Waals surface area contributed by atoms with Crippen LogP contribution < -0.4 is 4.90 Å². The summed E-state index contributed by atoms with van der Waals surface area (Å²) in [4.78, 5) is 14.4. The maximum atomic E-state index is 13.5. The Morgan fingerprint density at radius 1 is 1.00 bits per heavy atom. The van der Waals surface area contributed by atoms with Gasteiger partial charge in [-0.05, 0) is 42.8 Å². The number of amides is 1. The Labute approximate surface area is 125 Å². The summed E-state index contributed by atoms with van der Waals surface area (Å²) in [5.41, 5.74) is 1.78. The molecule has 0 N–H and O–H groups in total. The zero-order chi connectivity index (χ0) is 15.6. The van der Waals surface area contributed by atoms with Gasteiger partial charge in [-0.15, -0.1) is 0 Å². The van der Waals surface area contributed by atoms with Crippen LogP contribution in [0.25, 0.3) is 0 Å². The molecule has 0 unspecified atom stereocenters. The number of benzene rings is 2. The highest BCUT2D eigenvalue weighted by Gasteiger charge is 2.29. The van der Waals surface area contributed by atoms with E-state index in [1.807, 2.05) is 52.0 Å². The molecule has 0 aliphatic heterocycles. The predicted molar refractivity (Wildman–Crippen MR) is 84.2 cm³/mol.